The molecule has 0 heterocycles. The average Bonchev–Trinajstić information content (AvgIpc) is 1.19. The predicted octanol–water partition coefficient (Wildman–Crippen LogP) is -2.60. The minimum atomic E-state index is -2.94. The standard InChI is InChI=1S/NO3.4H2N.Pt/c2-1(3)4;;;;;/h;4*1H2;/q5*-1;+4. The van der Waals surface area contributed by atoms with Gasteiger partial charge in [-0.1, -0.05) is 0 Å². The molecule has 8 nitrogen and oxygen atoms in total. The fourth-order valence-electron chi connectivity index (χ4n) is 0. The Balaban J connectivity index is 0. The molecule has 0 rings (SSSR count). The molecule has 0 aliphatic carbocycles. The maximum absolute atomic E-state index is 8.25. The molecular formula is H8N5O3Pt-. The third-order valence-electron chi connectivity index (χ3n) is 0. The van der Waals surface area contributed by atoms with Crippen molar-refractivity contribution in [3.05, 3.63) is 15.3 Å². The van der Waals surface area contributed by atoms with E-state index in [1.807, 2.05) is 0 Å². The van der Waals surface area contributed by atoms with Crippen molar-refractivity contribution in [2.75, 3.05) is 0 Å². The third kappa shape index (κ3) is 3440. The molecule has 0 aliphatic rings. The molecule has 0 spiro atoms. The van der Waals surface area contributed by atoms with Gasteiger partial charge in [-0.2, -0.15) is 0 Å². The summed E-state index contributed by atoms with van der Waals surface area (Å²) in [5.41, 5.74) is 0. The molecule has 0 saturated carbocycles. The summed E-state index contributed by atoms with van der Waals surface area (Å²) in [6.07, 6.45) is 0. The van der Waals surface area contributed by atoms with Crippen molar-refractivity contribution in [3.8, 4) is 0 Å². The van der Waals surface area contributed by atoms with E-state index in [4.69, 9.17) is 32.5 Å². The first-order valence-electron chi connectivity index (χ1n) is 1.28. The molecule has 0 aromatic heterocycles. The molecule has 0 radical (unpaired) electrons. The summed E-state index contributed by atoms with van der Waals surface area (Å²) < 4.78 is 19.5. The second-order valence-electron chi connectivity index (χ2n) is 0.856. The molecule has 0 fully saturated rings. The molecule has 9 heteroatoms. The molecule has 0 bridgehead atoms. The van der Waals surface area contributed by atoms with Crippen molar-refractivity contribution >= 4 is 0 Å². The molecule has 0 unspecified atom stereocenters. The molecule has 0 amide bonds. The summed E-state index contributed by atoms with van der Waals surface area (Å²) in [7, 11) is 0. The Morgan fingerprint density at radius 1 is 1.11 bits per heavy atom. The Morgan fingerprint density at radius 3 is 1.11 bits per heavy atom. The molecule has 9 heavy (non-hydrogen) atoms. The minimum absolute atomic E-state index is 1.75. The Hall–Kier alpha value is -0.272. The van der Waals surface area contributed by atoms with E-state index >= 15 is 0 Å². The van der Waals surface area contributed by atoms with Crippen LogP contribution in [-0.2, 0) is 17.1 Å². The van der Waals surface area contributed by atoms with Gasteiger partial charge in [-0.05, 0) is 0 Å². The van der Waals surface area contributed by atoms with Crippen molar-refractivity contribution in [1.82, 2.24) is 0 Å². The molecule has 0 saturated heterocycles. The zero-order valence-electron chi connectivity index (χ0n) is 4.30. The second-order valence-corrected chi connectivity index (χ2v) is 5.40. The Kier molecular flexibility index (Phi) is 5.88. The summed E-state index contributed by atoms with van der Waals surface area (Å²) in [4.78, 5) is 8.25. The molecule has 62 valence electrons. The van der Waals surface area contributed by atoms with Gasteiger partial charge in [0.1, 0.15) is 0 Å². The maximum atomic E-state index is 8.25. The van der Waals surface area contributed by atoms with Crippen LogP contribution in [0.3, 0.4) is 0 Å². The van der Waals surface area contributed by atoms with E-state index in [1.54, 1.807) is 0 Å². The van der Waals surface area contributed by atoms with Crippen molar-refractivity contribution in [2.24, 2.45) is 17.2 Å². The van der Waals surface area contributed by atoms with E-state index in [0.29, 0.717) is 0 Å². The number of nitrogens with zero attached hydrogens (tertiary/aromatic N) is 1. The molecule has 0 aromatic carbocycles. The van der Waals surface area contributed by atoms with E-state index < -0.39 is 22.1 Å². The van der Waals surface area contributed by atoms with Gasteiger partial charge >= 0.3 is 34.2 Å². The van der Waals surface area contributed by atoms with E-state index in [0.717, 1.165) is 0 Å². The topological polar surface area (TPSA) is 170 Å². The third-order valence-corrected chi connectivity index (χ3v) is 0. The van der Waals surface area contributed by atoms with Gasteiger partial charge in [0.25, 0.3) is 0 Å². The Bertz CT molecular complexity index is 74.7. The van der Waals surface area contributed by atoms with Crippen molar-refractivity contribution < 1.29 is 22.1 Å². The van der Waals surface area contributed by atoms with Gasteiger partial charge in [0.05, 0.1) is 5.09 Å². The Morgan fingerprint density at radius 2 is 1.11 bits per heavy atom. The summed E-state index contributed by atoms with van der Waals surface area (Å²) in [5, 5.41) is 14.8. The van der Waals surface area contributed by atoms with Crippen LogP contribution >= 0.6 is 0 Å². The first kappa shape index (κ1) is 11.5. The molecule has 0 aliphatic heterocycles. The average molecular weight is 321 g/mol. The number of nitrogens with two attached hydrogens (primary N) is 4. The summed E-state index contributed by atoms with van der Waals surface area (Å²) in [6, 6.07) is 0. The fourth-order valence-corrected chi connectivity index (χ4v) is 0. The molecule has 8 N–H and O–H groups in total. The predicted molar refractivity (Wildman–Crippen MR) is 27.1 cm³/mol. The van der Waals surface area contributed by atoms with Crippen LogP contribution < -0.4 is 17.2 Å². The van der Waals surface area contributed by atoms with Gasteiger partial charge in [0.2, 0.25) is 0 Å². The summed E-state index contributed by atoms with van der Waals surface area (Å²) in [5.74, 6) is 0. The van der Waals surface area contributed by atoms with Crippen LogP contribution in [0, 0.1) is 15.3 Å². The second kappa shape index (κ2) is 4.59. The van der Waals surface area contributed by atoms with Gasteiger partial charge < -0.3 is 15.3 Å². The van der Waals surface area contributed by atoms with E-state index in [-0.39, 0.29) is 0 Å². The van der Waals surface area contributed by atoms with Crippen LogP contribution in [0.25, 0.3) is 0 Å². The van der Waals surface area contributed by atoms with Crippen molar-refractivity contribution in [2.45, 2.75) is 0 Å². The number of hydrogen-bond donors (Lipinski definition) is 4. The van der Waals surface area contributed by atoms with Gasteiger partial charge in [0, 0.05) is 0 Å². The van der Waals surface area contributed by atoms with Crippen LogP contribution in [0.15, 0.2) is 0 Å². The van der Waals surface area contributed by atoms with E-state index in [9.17, 15) is 0 Å². The van der Waals surface area contributed by atoms with Crippen molar-refractivity contribution in [1.29, 1.82) is 0 Å². The fraction of sp³-hybridized carbons (Fsp3) is 0. The van der Waals surface area contributed by atoms with Crippen molar-refractivity contribution in [3.63, 3.8) is 0 Å². The molecule has 0 atom stereocenters. The molecule has 0 aromatic rings. The summed E-state index contributed by atoms with van der Waals surface area (Å²) >= 11 is -2.94. The van der Waals surface area contributed by atoms with Gasteiger partial charge in [0.15, 0.2) is 0 Å². The van der Waals surface area contributed by atoms with Crippen LogP contribution in [0.1, 0.15) is 0 Å². The van der Waals surface area contributed by atoms with Crippen LogP contribution in [0.2, 0.25) is 0 Å². The first-order valence-corrected chi connectivity index (χ1v) is 6.53. The monoisotopic (exact) mass is 321 g/mol. The van der Waals surface area contributed by atoms with Crippen LogP contribution in [0.4, 0.5) is 0 Å². The Labute approximate surface area is 55.3 Å². The van der Waals surface area contributed by atoms with E-state index in [1.165, 1.54) is 0 Å². The van der Waals surface area contributed by atoms with Crippen LogP contribution in [-0.4, -0.2) is 5.09 Å². The SMILES string of the molecule is O=[N+]([O-])[O-].[NH2][Pt]([NH2])([NH2])[NH2]. The van der Waals surface area contributed by atoms with Gasteiger partial charge in [-0.3, -0.25) is 0 Å². The normalized spacial score (nSPS) is 11.1. The van der Waals surface area contributed by atoms with Gasteiger partial charge in [-0.25, -0.2) is 0 Å². The quantitative estimate of drug-likeness (QED) is 0.280. The van der Waals surface area contributed by atoms with Gasteiger partial charge in [-0.15, -0.1) is 0 Å². The van der Waals surface area contributed by atoms with Crippen LogP contribution in [0.5, 0.6) is 0 Å². The number of hydrogen-bond acceptors (Lipinski definition) is 7. The zero-order valence-corrected chi connectivity index (χ0v) is 6.57. The first-order chi connectivity index (χ1) is 3.73. The summed E-state index contributed by atoms with van der Waals surface area (Å²) in [6.45, 7) is 0. The molecular weight excluding hydrogens is 313 g/mol. The number of rotatable bonds is 0. The zero-order chi connectivity index (χ0) is 8.08. The van der Waals surface area contributed by atoms with E-state index in [2.05, 4.69) is 0 Å².